The fourth-order valence-corrected chi connectivity index (χ4v) is 9.69. The molecule has 0 aromatic rings. The summed E-state index contributed by atoms with van der Waals surface area (Å²) < 4.78 is 23.5. The van der Waals surface area contributed by atoms with Crippen molar-refractivity contribution >= 4 is 18.2 Å². The lowest BCUT2D eigenvalue weighted by molar-refractivity contribution is -0.308. The van der Waals surface area contributed by atoms with Crippen molar-refractivity contribution in [3.63, 3.8) is 0 Å². The number of carbonyl (C=O) groups excluding carboxylic acids is 2. The molecule has 5 aliphatic rings. The molecule has 4 fully saturated rings. The molecule has 1 saturated heterocycles. The summed E-state index contributed by atoms with van der Waals surface area (Å²) >= 11 is 0. The number of carboxylic acid groups (broad SMARTS) is 1. The predicted molar refractivity (Wildman–Crippen MR) is 139 cm³/mol. The summed E-state index contributed by atoms with van der Waals surface area (Å²) in [4.78, 5) is 38.9. The highest BCUT2D eigenvalue weighted by Gasteiger charge is 2.84. The topological polar surface area (TPSA) is 129 Å². The number of ether oxygens (including phenoxy) is 4. The highest BCUT2D eigenvalue weighted by atomic mass is 16.7. The third kappa shape index (κ3) is 3.61. The van der Waals surface area contributed by atoms with Crippen molar-refractivity contribution < 1.29 is 43.5 Å². The second-order valence-corrected chi connectivity index (χ2v) is 13.0. The van der Waals surface area contributed by atoms with Crippen molar-refractivity contribution in [3.05, 3.63) is 11.6 Å². The summed E-state index contributed by atoms with van der Waals surface area (Å²) in [6, 6.07) is 0. The van der Waals surface area contributed by atoms with Gasteiger partial charge in [-0.25, -0.2) is 0 Å². The Labute approximate surface area is 230 Å². The Morgan fingerprint density at radius 1 is 1.21 bits per heavy atom. The van der Waals surface area contributed by atoms with Crippen molar-refractivity contribution in [3.8, 4) is 0 Å². The number of hydrogen-bond donors (Lipinski definition) is 2. The minimum absolute atomic E-state index is 0.0166. The van der Waals surface area contributed by atoms with Gasteiger partial charge in [-0.15, -0.1) is 0 Å². The molecule has 12 atom stereocenters. The minimum atomic E-state index is -1.37. The number of aliphatic hydroxyl groups excluding tert-OH is 1. The Balaban J connectivity index is 1.53. The van der Waals surface area contributed by atoms with Crippen molar-refractivity contribution in [2.75, 3.05) is 13.7 Å². The van der Waals surface area contributed by atoms with Gasteiger partial charge in [0.25, 0.3) is 0 Å². The Kier molecular flexibility index (Phi) is 7.31. The third-order valence-electron chi connectivity index (χ3n) is 11.2. The van der Waals surface area contributed by atoms with Gasteiger partial charge in [-0.3, -0.25) is 9.59 Å². The van der Waals surface area contributed by atoms with Crippen LogP contribution >= 0.6 is 0 Å². The largest absolute Gasteiger partial charge is 0.481 e. The number of carboxylic acids is 1. The molecule has 5 rings (SSSR count). The van der Waals surface area contributed by atoms with Gasteiger partial charge in [-0.1, -0.05) is 45.8 Å². The highest BCUT2D eigenvalue weighted by molar-refractivity contribution is 5.90. The fraction of sp³-hybridized carbons (Fsp3) is 0.833. The van der Waals surface area contributed by atoms with Crippen LogP contribution in [0.5, 0.6) is 0 Å². The molecule has 0 aromatic carbocycles. The Hall–Kier alpha value is -1.81. The van der Waals surface area contributed by atoms with E-state index in [0.29, 0.717) is 18.8 Å². The monoisotopic (exact) mass is 548 g/mol. The standard InChI is InChI=1S/C30H44O9/c1-7-22(32)39-25-23(33)26(38-17(5)24(25)36-6)37-14-29-12-19-16(4)8-9-20(19)28(13-31)11-18(29)10-21(15(2)3)30(28,29)27(34)35/h10,13,15-20,23-26,33H,7-9,11-12,14H2,1-6H3,(H,34,35)/t16?,17-,18?,19?,20?,23+,24-,25+,26-,28?,29?,30?/m1/s1. The molecule has 0 radical (unpaired) electrons. The van der Waals surface area contributed by atoms with Crippen molar-refractivity contribution in [2.24, 2.45) is 45.8 Å². The first kappa shape index (κ1) is 28.7. The van der Waals surface area contributed by atoms with Gasteiger partial charge < -0.3 is 34.0 Å². The molecule has 1 heterocycles. The predicted octanol–water partition coefficient (Wildman–Crippen LogP) is 3.37. The quantitative estimate of drug-likeness (QED) is 0.253. The van der Waals surface area contributed by atoms with E-state index in [1.165, 1.54) is 7.11 Å². The van der Waals surface area contributed by atoms with E-state index in [2.05, 4.69) is 13.0 Å². The van der Waals surface area contributed by atoms with Gasteiger partial charge in [-0.05, 0) is 55.8 Å². The first-order valence-electron chi connectivity index (χ1n) is 14.5. The van der Waals surface area contributed by atoms with Crippen molar-refractivity contribution in [2.45, 2.75) is 97.4 Å². The summed E-state index contributed by atoms with van der Waals surface area (Å²) in [7, 11) is 1.47. The molecule has 0 amide bonds. The molecule has 1 aliphatic heterocycles. The van der Waals surface area contributed by atoms with E-state index < -0.39 is 58.9 Å². The molecule has 9 nitrogen and oxygen atoms in total. The van der Waals surface area contributed by atoms with Crippen molar-refractivity contribution in [1.29, 1.82) is 0 Å². The molecule has 9 heteroatoms. The van der Waals surface area contributed by atoms with Crippen LogP contribution in [-0.4, -0.2) is 72.9 Å². The number of rotatable bonds is 9. The average Bonchev–Trinajstić information content (AvgIpc) is 3.47. The average molecular weight is 549 g/mol. The summed E-state index contributed by atoms with van der Waals surface area (Å²) in [6.45, 7) is 9.67. The zero-order valence-corrected chi connectivity index (χ0v) is 23.9. The van der Waals surface area contributed by atoms with E-state index in [1.807, 2.05) is 13.8 Å². The molecule has 0 aromatic heterocycles. The number of fused-ring (bicyclic) bond motifs is 2. The van der Waals surface area contributed by atoms with E-state index >= 15 is 0 Å². The van der Waals surface area contributed by atoms with Crippen LogP contribution in [0.25, 0.3) is 0 Å². The molecule has 218 valence electrons. The summed E-state index contributed by atoms with van der Waals surface area (Å²) in [6.07, 6.45) is 1.53. The smallest absolute Gasteiger partial charge is 0.315 e. The normalized spacial score (nSPS) is 48.1. The van der Waals surface area contributed by atoms with E-state index in [1.54, 1.807) is 13.8 Å². The zero-order valence-electron chi connectivity index (χ0n) is 23.9. The van der Waals surface area contributed by atoms with Crippen LogP contribution in [-0.2, 0) is 33.3 Å². The van der Waals surface area contributed by atoms with Gasteiger partial charge in [0, 0.05) is 18.9 Å². The SMILES string of the molecule is CCC(=O)O[C@H]1[C@H](O)[C@H](OCC23CC4C(C)CCC4C4(C=O)CC2C=C(C(C)C)C43C(=O)O)O[C@H](C)[C@H]1OC. The fourth-order valence-electron chi connectivity index (χ4n) is 9.69. The minimum Gasteiger partial charge on any atom is -0.481 e. The van der Waals surface area contributed by atoms with Crippen LogP contribution < -0.4 is 0 Å². The molecule has 4 bridgehead atoms. The maximum absolute atomic E-state index is 13.6. The van der Waals surface area contributed by atoms with E-state index in [-0.39, 0.29) is 36.7 Å². The van der Waals surface area contributed by atoms with E-state index in [9.17, 15) is 24.6 Å². The molecule has 2 N–H and O–H groups in total. The number of aliphatic hydroxyl groups is 1. The van der Waals surface area contributed by atoms with Crippen LogP contribution in [0.15, 0.2) is 11.6 Å². The van der Waals surface area contributed by atoms with Gasteiger partial charge in [-0.2, -0.15) is 0 Å². The second-order valence-electron chi connectivity index (χ2n) is 13.0. The van der Waals surface area contributed by atoms with Crippen LogP contribution in [0.1, 0.15) is 66.7 Å². The second kappa shape index (κ2) is 9.93. The number of esters is 1. The molecule has 4 aliphatic carbocycles. The van der Waals surface area contributed by atoms with Gasteiger partial charge in [0.05, 0.1) is 18.1 Å². The number of methoxy groups -OCH3 is 1. The Morgan fingerprint density at radius 3 is 2.51 bits per heavy atom. The highest BCUT2D eigenvalue weighted by Crippen LogP contribution is 2.82. The number of aliphatic carboxylic acids is 1. The number of carbonyl (C=O) groups is 3. The van der Waals surface area contributed by atoms with Gasteiger partial charge in [0.1, 0.15) is 23.9 Å². The summed E-state index contributed by atoms with van der Waals surface area (Å²) in [5.41, 5.74) is -2.39. The maximum Gasteiger partial charge on any atom is 0.315 e. The lowest BCUT2D eigenvalue weighted by Crippen LogP contribution is -2.64. The number of hydrogen-bond acceptors (Lipinski definition) is 8. The molecule has 0 spiro atoms. The summed E-state index contributed by atoms with van der Waals surface area (Å²) in [5, 5.41) is 22.4. The third-order valence-corrected chi connectivity index (χ3v) is 11.2. The van der Waals surface area contributed by atoms with E-state index in [0.717, 1.165) is 24.7 Å². The van der Waals surface area contributed by atoms with Crippen LogP contribution in [0, 0.1) is 45.8 Å². The molecule has 7 unspecified atom stereocenters. The van der Waals surface area contributed by atoms with Crippen LogP contribution in [0.3, 0.4) is 0 Å². The van der Waals surface area contributed by atoms with Crippen molar-refractivity contribution in [1.82, 2.24) is 0 Å². The van der Waals surface area contributed by atoms with Crippen LogP contribution in [0.2, 0.25) is 0 Å². The first-order chi connectivity index (χ1) is 18.4. The van der Waals surface area contributed by atoms with Gasteiger partial charge >= 0.3 is 11.9 Å². The lowest BCUT2D eigenvalue weighted by Gasteiger charge is -2.58. The van der Waals surface area contributed by atoms with E-state index in [4.69, 9.17) is 18.9 Å². The number of aldehydes is 1. The van der Waals surface area contributed by atoms with Gasteiger partial charge in [0.2, 0.25) is 0 Å². The first-order valence-corrected chi connectivity index (χ1v) is 14.5. The Morgan fingerprint density at radius 2 is 1.92 bits per heavy atom. The Bertz CT molecular complexity index is 1040. The molecule has 39 heavy (non-hydrogen) atoms. The lowest BCUT2D eigenvalue weighted by atomic mass is 9.43. The molecular weight excluding hydrogens is 504 g/mol. The molecule has 3 saturated carbocycles. The summed E-state index contributed by atoms with van der Waals surface area (Å²) in [5.74, 6) is -0.964. The zero-order chi connectivity index (χ0) is 28.5. The van der Waals surface area contributed by atoms with Gasteiger partial charge in [0.15, 0.2) is 12.4 Å². The van der Waals surface area contributed by atoms with Crippen LogP contribution in [0.4, 0.5) is 0 Å². The maximum atomic E-state index is 13.6. The number of allylic oxidation sites excluding steroid dienone is 1. The molecular formula is C30H44O9.